The molecule has 0 spiro atoms. The molecule has 1 fully saturated rings. The minimum atomic E-state index is 0.594. The van der Waals surface area contributed by atoms with Crippen LogP contribution < -0.4 is 4.90 Å². The molecule has 0 radical (unpaired) electrons. The second-order valence-electron chi connectivity index (χ2n) is 5.95. The summed E-state index contributed by atoms with van der Waals surface area (Å²) in [5.41, 5.74) is 1.95. The van der Waals surface area contributed by atoms with Gasteiger partial charge in [0, 0.05) is 31.7 Å². The van der Waals surface area contributed by atoms with Crippen LogP contribution in [0, 0.1) is 0 Å². The Balaban J connectivity index is 1.36. The van der Waals surface area contributed by atoms with E-state index in [1.54, 1.807) is 12.5 Å². The summed E-state index contributed by atoms with van der Waals surface area (Å²) in [5.74, 6) is 1.55. The Hall–Kier alpha value is -2.44. The van der Waals surface area contributed by atoms with Crippen molar-refractivity contribution < 1.29 is 4.42 Å². The van der Waals surface area contributed by atoms with Crippen LogP contribution in [-0.4, -0.2) is 46.0 Å². The average molecular weight is 356 g/mol. The van der Waals surface area contributed by atoms with Gasteiger partial charge in [-0.1, -0.05) is 41.9 Å². The van der Waals surface area contributed by atoms with Gasteiger partial charge in [0.25, 0.3) is 0 Å². The van der Waals surface area contributed by atoms with Crippen molar-refractivity contribution in [2.24, 2.45) is 0 Å². The summed E-state index contributed by atoms with van der Waals surface area (Å²) in [7, 11) is 0. The molecule has 3 heterocycles. The van der Waals surface area contributed by atoms with Gasteiger partial charge in [0.05, 0.1) is 12.7 Å². The Labute approximate surface area is 151 Å². The highest BCUT2D eigenvalue weighted by Gasteiger charge is 2.21. The highest BCUT2D eigenvalue weighted by atomic mass is 35.5. The molecule has 1 aliphatic rings. The standard InChI is InChI=1S/C18H18ClN5O/c19-15-10-20-13-21-18(15)24-8-6-23(7-9-24)11-17-22-16(12-25-17)14-4-2-1-3-5-14/h1-5,10,12-13H,6-9,11H2. The molecule has 25 heavy (non-hydrogen) atoms. The van der Waals surface area contributed by atoms with Crippen LogP contribution in [0.2, 0.25) is 5.02 Å². The van der Waals surface area contributed by atoms with Gasteiger partial charge in [-0.2, -0.15) is 0 Å². The van der Waals surface area contributed by atoms with Gasteiger partial charge in [-0.25, -0.2) is 15.0 Å². The van der Waals surface area contributed by atoms with Gasteiger partial charge >= 0.3 is 0 Å². The molecule has 1 saturated heterocycles. The monoisotopic (exact) mass is 355 g/mol. The molecule has 128 valence electrons. The Bertz CT molecular complexity index is 830. The van der Waals surface area contributed by atoms with Gasteiger partial charge in [-0.05, 0) is 0 Å². The first-order valence-corrected chi connectivity index (χ1v) is 8.60. The van der Waals surface area contributed by atoms with Crippen molar-refractivity contribution in [1.29, 1.82) is 0 Å². The van der Waals surface area contributed by atoms with E-state index in [4.69, 9.17) is 16.0 Å². The van der Waals surface area contributed by atoms with Crippen molar-refractivity contribution >= 4 is 17.4 Å². The zero-order valence-corrected chi connectivity index (χ0v) is 14.4. The fraction of sp³-hybridized carbons (Fsp3) is 0.278. The molecule has 0 atom stereocenters. The fourth-order valence-electron chi connectivity index (χ4n) is 2.97. The van der Waals surface area contributed by atoms with Crippen molar-refractivity contribution in [3.05, 3.63) is 60.0 Å². The van der Waals surface area contributed by atoms with E-state index in [2.05, 4.69) is 24.8 Å². The Morgan fingerprint density at radius 1 is 1.08 bits per heavy atom. The first kappa shape index (κ1) is 16.1. The molecule has 7 heteroatoms. The highest BCUT2D eigenvalue weighted by molar-refractivity contribution is 6.32. The van der Waals surface area contributed by atoms with Crippen LogP contribution in [0.15, 0.2) is 53.5 Å². The molecule has 0 unspecified atom stereocenters. The quantitative estimate of drug-likeness (QED) is 0.716. The van der Waals surface area contributed by atoms with E-state index in [1.165, 1.54) is 6.33 Å². The zero-order chi connectivity index (χ0) is 17.1. The molecular weight excluding hydrogens is 338 g/mol. The summed E-state index contributed by atoms with van der Waals surface area (Å²) < 4.78 is 5.64. The van der Waals surface area contributed by atoms with Crippen LogP contribution in [0.1, 0.15) is 5.89 Å². The summed E-state index contributed by atoms with van der Waals surface area (Å²) in [6, 6.07) is 10.1. The maximum Gasteiger partial charge on any atom is 0.208 e. The van der Waals surface area contributed by atoms with E-state index in [0.29, 0.717) is 11.6 Å². The van der Waals surface area contributed by atoms with Crippen molar-refractivity contribution in [3.8, 4) is 11.3 Å². The smallest absolute Gasteiger partial charge is 0.208 e. The van der Waals surface area contributed by atoms with Crippen molar-refractivity contribution in [2.75, 3.05) is 31.1 Å². The number of hydrogen-bond donors (Lipinski definition) is 0. The first-order chi connectivity index (χ1) is 12.3. The summed E-state index contributed by atoms with van der Waals surface area (Å²) >= 11 is 6.18. The van der Waals surface area contributed by atoms with Gasteiger partial charge < -0.3 is 9.32 Å². The van der Waals surface area contributed by atoms with E-state index < -0.39 is 0 Å². The summed E-state index contributed by atoms with van der Waals surface area (Å²) in [5, 5.41) is 0.594. The lowest BCUT2D eigenvalue weighted by Crippen LogP contribution is -2.46. The molecule has 4 rings (SSSR count). The zero-order valence-electron chi connectivity index (χ0n) is 13.7. The Kier molecular flexibility index (Phi) is 4.63. The van der Waals surface area contributed by atoms with E-state index >= 15 is 0 Å². The van der Waals surface area contributed by atoms with E-state index in [9.17, 15) is 0 Å². The molecule has 0 aliphatic carbocycles. The van der Waals surface area contributed by atoms with E-state index in [1.807, 2.05) is 30.3 Å². The van der Waals surface area contributed by atoms with Crippen molar-refractivity contribution in [1.82, 2.24) is 19.9 Å². The largest absolute Gasteiger partial charge is 0.447 e. The van der Waals surface area contributed by atoms with Gasteiger partial charge in [-0.3, -0.25) is 4.90 Å². The lowest BCUT2D eigenvalue weighted by molar-refractivity contribution is 0.226. The third kappa shape index (κ3) is 3.65. The molecule has 2 aromatic heterocycles. The Morgan fingerprint density at radius 2 is 1.88 bits per heavy atom. The van der Waals surface area contributed by atoms with Gasteiger partial charge in [0.2, 0.25) is 5.89 Å². The van der Waals surface area contributed by atoms with E-state index in [0.717, 1.165) is 49.1 Å². The molecule has 1 aromatic carbocycles. The number of halogens is 1. The second kappa shape index (κ2) is 7.21. The molecule has 0 bridgehead atoms. The van der Waals surface area contributed by atoms with Crippen LogP contribution >= 0.6 is 11.6 Å². The number of piperazine rings is 1. The molecule has 3 aromatic rings. The summed E-state index contributed by atoms with van der Waals surface area (Å²) in [6.45, 7) is 4.25. The van der Waals surface area contributed by atoms with Crippen LogP contribution in [0.3, 0.4) is 0 Å². The second-order valence-corrected chi connectivity index (χ2v) is 6.36. The maximum absolute atomic E-state index is 6.18. The fourth-order valence-corrected chi connectivity index (χ4v) is 3.20. The minimum Gasteiger partial charge on any atom is -0.447 e. The summed E-state index contributed by atoms with van der Waals surface area (Å²) in [6.07, 6.45) is 4.89. The highest BCUT2D eigenvalue weighted by Crippen LogP contribution is 2.23. The predicted octanol–water partition coefficient (Wildman–Crippen LogP) is 3.11. The third-order valence-electron chi connectivity index (χ3n) is 4.30. The number of oxazole rings is 1. The number of nitrogens with zero attached hydrogens (tertiary/aromatic N) is 5. The SMILES string of the molecule is Clc1cncnc1N1CCN(Cc2nc(-c3ccccc3)co2)CC1. The lowest BCUT2D eigenvalue weighted by Gasteiger charge is -2.34. The van der Waals surface area contributed by atoms with Crippen LogP contribution in [0.25, 0.3) is 11.3 Å². The molecule has 0 saturated carbocycles. The lowest BCUT2D eigenvalue weighted by atomic mass is 10.2. The van der Waals surface area contributed by atoms with Crippen LogP contribution in [0.4, 0.5) is 5.82 Å². The molecule has 0 amide bonds. The number of aromatic nitrogens is 3. The minimum absolute atomic E-state index is 0.594. The number of hydrogen-bond acceptors (Lipinski definition) is 6. The molecular formula is C18H18ClN5O. The molecule has 1 aliphatic heterocycles. The predicted molar refractivity (Wildman–Crippen MR) is 96.5 cm³/mol. The topological polar surface area (TPSA) is 58.3 Å². The molecule has 0 N–H and O–H groups in total. The number of benzene rings is 1. The van der Waals surface area contributed by atoms with Crippen LogP contribution in [0.5, 0.6) is 0 Å². The first-order valence-electron chi connectivity index (χ1n) is 8.22. The number of rotatable bonds is 4. The van der Waals surface area contributed by atoms with Gasteiger partial charge in [0.1, 0.15) is 23.3 Å². The maximum atomic E-state index is 6.18. The van der Waals surface area contributed by atoms with Crippen molar-refractivity contribution in [3.63, 3.8) is 0 Å². The van der Waals surface area contributed by atoms with Crippen LogP contribution in [-0.2, 0) is 6.54 Å². The third-order valence-corrected chi connectivity index (χ3v) is 4.57. The summed E-state index contributed by atoms with van der Waals surface area (Å²) in [4.78, 5) is 17.3. The normalized spacial score (nSPS) is 15.5. The Morgan fingerprint density at radius 3 is 2.64 bits per heavy atom. The number of anilines is 1. The van der Waals surface area contributed by atoms with Gasteiger partial charge in [0.15, 0.2) is 5.82 Å². The van der Waals surface area contributed by atoms with E-state index in [-0.39, 0.29) is 0 Å². The van der Waals surface area contributed by atoms with Gasteiger partial charge in [-0.15, -0.1) is 0 Å². The average Bonchev–Trinajstić information content (AvgIpc) is 3.12. The van der Waals surface area contributed by atoms with Crippen molar-refractivity contribution in [2.45, 2.75) is 6.54 Å². The molecule has 6 nitrogen and oxygen atoms in total.